The lowest BCUT2D eigenvalue weighted by Gasteiger charge is -2.21. The summed E-state index contributed by atoms with van der Waals surface area (Å²) in [6.45, 7) is 0.931. The molecular formula is C15H28N8O6. The average Bonchev–Trinajstić information content (AvgIpc) is 2.61. The van der Waals surface area contributed by atoms with Crippen LogP contribution in [0.3, 0.4) is 0 Å². The van der Waals surface area contributed by atoms with Gasteiger partial charge in [-0.2, -0.15) is 0 Å². The number of carbonyl (C=O) groups excluding carboxylic acids is 4. The van der Waals surface area contributed by atoms with E-state index in [-0.39, 0.29) is 18.9 Å². The highest BCUT2D eigenvalue weighted by Crippen LogP contribution is 1.99. The smallest absolute Gasteiger partial charge is 0.322 e. The van der Waals surface area contributed by atoms with E-state index in [0.717, 1.165) is 0 Å². The van der Waals surface area contributed by atoms with Gasteiger partial charge in [0.2, 0.25) is 23.6 Å². The highest BCUT2D eigenvalue weighted by molar-refractivity contribution is 5.95. The van der Waals surface area contributed by atoms with E-state index in [4.69, 9.17) is 28.0 Å². The summed E-state index contributed by atoms with van der Waals surface area (Å²) < 4.78 is 0. The maximum absolute atomic E-state index is 12.3. The van der Waals surface area contributed by atoms with Crippen molar-refractivity contribution in [3.63, 3.8) is 0 Å². The number of carboxylic acid groups (broad SMARTS) is 1. The zero-order valence-corrected chi connectivity index (χ0v) is 16.0. The molecule has 14 heteroatoms. The molecule has 0 aromatic rings. The molecule has 3 atom stereocenters. The molecule has 14 nitrogen and oxygen atoms in total. The van der Waals surface area contributed by atoms with Gasteiger partial charge in [-0.25, -0.2) is 0 Å². The van der Waals surface area contributed by atoms with Gasteiger partial charge in [0.15, 0.2) is 5.96 Å². The number of carbonyl (C=O) groups is 5. The number of rotatable bonds is 13. The van der Waals surface area contributed by atoms with Crippen LogP contribution in [0.5, 0.6) is 0 Å². The van der Waals surface area contributed by atoms with E-state index >= 15 is 0 Å². The second-order valence-electron chi connectivity index (χ2n) is 6.13. The average molecular weight is 416 g/mol. The molecule has 0 aliphatic heterocycles. The lowest BCUT2D eigenvalue weighted by atomic mass is 10.1. The third-order valence-corrected chi connectivity index (χ3v) is 3.51. The van der Waals surface area contributed by atoms with Crippen molar-refractivity contribution >= 4 is 35.6 Å². The fourth-order valence-electron chi connectivity index (χ4n) is 2.04. The van der Waals surface area contributed by atoms with E-state index in [1.807, 2.05) is 0 Å². The summed E-state index contributed by atoms with van der Waals surface area (Å²) in [4.78, 5) is 61.6. The van der Waals surface area contributed by atoms with Crippen LogP contribution in [0.4, 0.5) is 0 Å². The van der Waals surface area contributed by atoms with Crippen molar-refractivity contribution in [2.24, 2.45) is 27.9 Å². The Labute approximate surface area is 166 Å². The molecule has 0 aromatic heterocycles. The zero-order chi connectivity index (χ0) is 22.6. The molecule has 0 bridgehead atoms. The Morgan fingerprint density at radius 3 is 2.14 bits per heavy atom. The number of primary amides is 1. The van der Waals surface area contributed by atoms with Gasteiger partial charge in [0.05, 0.1) is 12.5 Å². The first-order chi connectivity index (χ1) is 13.4. The van der Waals surface area contributed by atoms with Crippen molar-refractivity contribution in [1.82, 2.24) is 16.0 Å². The van der Waals surface area contributed by atoms with E-state index in [9.17, 15) is 24.0 Å². The summed E-state index contributed by atoms with van der Waals surface area (Å²) in [6, 6.07) is -3.48. The van der Waals surface area contributed by atoms with Gasteiger partial charge in [-0.1, -0.05) is 0 Å². The number of hydrogen-bond donors (Lipinski definition) is 8. The van der Waals surface area contributed by atoms with Gasteiger partial charge >= 0.3 is 5.97 Å². The maximum Gasteiger partial charge on any atom is 0.322 e. The maximum atomic E-state index is 12.3. The van der Waals surface area contributed by atoms with Gasteiger partial charge in [-0.05, 0) is 19.8 Å². The Balaban J connectivity index is 4.80. The third kappa shape index (κ3) is 11.8. The second-order valence-corrected chi connectivity index (χ2v) is 6.13. The topological polar surface area (TPSA) is 258 Å². The van der Waals surface area contributed by atoms with Crippen LogP contribution >= 0.6 is 0 Å². The second kappa shape index (κ2) is 12.9. The molecule has 0 fully saturated rings. The van der Waals surface area contributed by atoms with Crippen molar-refractivity contribution in [2.45, 2.75) is 44.3 Å². The summed E-state index contributed by atoms with van der Waals surface area (Å²) >= 11 is 0. The van der Waals surface area contributed by atoms with Crippen LogP contribution in [0, 0.1) is 0 Å². The molecular weight excluding hydrogens is 388 g/mol. The predicted octanol–water partition coefficient (Wildman–Crippen LogP) is -4.57. The lowest BCUT2D eigenvalue weighted by molar-refractivity contribution is -0.138. The zero-order valence-electron chi connectivity index (χ0n) is 16.0. The molecule has 0 heterocycles. The first-order valence-electron chi connectivity index (χ1n) is 8.63. The van der Waals surface area contributed by atoms with Crippen LogP contribution in [0.15, 0.2) is 4.99 Å². The fraction of sp³-hybridized carbons (Fsp3) is 0.600. The van der Waals surface area contributed by atoms with Gasteiger partial charge in [-0.3, -0.25) is 29.0 Å². The highest BCUT2D eigenvalue weighted by atomic mass is 16.4. The molecule has 0 aromatic carbocycles. The van der Waals surface area contributed by atoms with Crippen LogP contribution in [-0.4, -0.2) is 71.9 Å². The van der Waals surface area contributed by atoms with Crippen LogP contribution in [0.1, 0.15) is 26.2 Å². The Bertz CT molecular complexity index is 649. The van der Waals surface area contributed by atoms with Crippen LogP contribution in [0.2, 0.25) is 0 Å². The van der Waals surface area contributed by atoms with Crippen molar-refractivity contribution in [2.75, 3.05) is 13.1 Å². The van der Waals surface area contributed by atoms with E-state index in [2.05, 4.69) is 20.9 Å². The van der Waals surface area contributed by atoms with Crippen molar-refractivity contribution < 1.29 is 29.1 Å². The molecule has 12 N–H and O–H groups in total. The Morgan fingerprint density at radius 2 is 1.62 bits per heavy atom. The summed E-state index contributed by atoms with van der Waals surface area (Å²) in [5.74, 6) is -4.55. The monoisotopic (exact) mass is 416 g/mol. The summed E-state index contributed by atoms with van der Waals surface area (Å²) in [6.07, 6.45) is 0.0865. The Kier molecular flexibility index (Phi) is 11.4. The minimum absolute atomic E-state index is 0.0947. The number of hydrogen-bond acceptors (Lipinski definition) is 7. The normalized spacial score (nSPS) is 13.3. The summed E-state index contributed by atoms with van der Waals surface area (Å²) in [5.41, 5.74) is 21.2. The number of guanidine groups is 1. The molecule has 0 saturated heterocycles. The van der Waals surface area contributed by atoms with Gasteiger partial charge < -0.3 is 44.0 Å². The predicted molar refractivity (Wildman–Crippen MR) is 102 cm³/mol. The van der Waals surface area contributed by atoms with Crippen molar-refractivity contribution in [1.29, 1.82) is 0 Å². The van der Waals surface area contributed by atoms with Crippen LogP contribution in [0.25, 0.3) is 0 Å². The van der Waals surface area contributed by atoms with E-state index < -0.39 is 60.7 Å². The Hall–Kier alpha value is -3.42. The van der Waals surface area contributed by atoms with Gasteiger partial charge in [0.1, 0.15) is 18.6 Å². The Morgan fingerprint density at radius 1 is 1.00 bits per heavy atom. The number of aliphatic carboxylic acids is 1. The van der Waals surface area contributed by atoms with Crippen molar-refractivity contribution in [3.8, 4) is 0 Å². The summed E-state index contributed by atoms with van der Waals surface area (Å²) in [7, 11) is 0. The van der Waals surface area contributed by atoms with E-state index in [1.54, 1.807) is 0 Å². The molecule has 0 saturated carbocycles. The third-order valence-electron chi connectivity index (χ3n) is 3.51. The molecule has 0 radical (unpaired) electrons. The minimum Gasteiger partial charge on any atom is -0.480 e. The van der Waals surface area contributed by atoms with Crippen LogP contribution < -0.4 is 38.9 Å². The molecule has 4 amide bonds. The molecule has 29 heavy (non-hydrogen) atoms. The first-order valence-corrected chi connectivity index (χ1v) is 8.63. The highest BCUT2D eigenvalue weighted by Gasteiger charge is 2.27. The number of aliphatic imine (C=N–C) groups is 1. The molecule has 0 spiro atoms. The minimum atomic E-state index is -1.36. The van der Waals surface area contributed by atoms with Crippen molar-refractivity contribution in [3.05, 3.63) is 0 Å². The van der Waals surface area contributed by atoms with Gasteiger partial charge in [0.25, 0.3) is 0 Å². The number of nitrogens with one attached hydrogen (secondary N) is 3. The molecule has 0 rings (SSSR count). The lowest BCUT2D eigenvalue weighted by Crippen LogP contribution is -2.56. The standard InChI is InChI=1S/C15H28N8O6/c1-7(12(27)21-6-11(25)26)22-14(29)9(5-10(17)24)23-13(28)8(16)3-2-4-20-15(18)19/h7-9H,2-6,16H2,1H3,(H2,17,24)(H,21,27)(H,22,29)(H,23,28)(H,25,26)(H4,18,19,20). The van der Waals surface area contributed by atoms with Gasteiger partial charge in [0, 0.05) is 6.54 Å². The quantitative estimate of drug-likeness (QED) is 0.0814. The largest absolute Gasteiger partial charge is 0.480 e. The number of amides is 4. The number of nitrogens with zero attached hydrogens (tertiary/aromatic N) is 1. The summed E-state index contributed by atoms with van der Waals surface area (Å²) in [5, 5.41) is 15.2. The van der Waals surface area contributed by atoms with Crippen LogP contribution in [-0.2, 0) is 24.0 Å². The first kappa shape index (κ1) is 25.6. The molecule has 3 unspecified atom stereocenters. The molecule has 164 valence electrons. The SMILES string of the molecule is CC(NC(=O)C(CC(N)=O)NC(=O)C(N)CCCN=C(N)N)C(=O)NCC(=O)O. The van der Waals surface area contributed by atoms with E-state index in [1.165, 1.54) is 6.92 Å². The fourth-order valence-corrected chi connectivity index (χ4v) is 2.04. The molecule has 0 aliphatic rings. The van der Waals surface area contributed by atoms with E-state index in [0.29, 0.717) is 6.42 Å². The molecule has 0 aliphatic carbocycles. The van der Waals surface area contributed by atoms with Gasteiger partial charge in [-0.15, -0.1) is 0 Å². The number of nitrogens with two attached hydrogens (primary N) is 4. The number of carboxylic acids is 1.